The van der Waals surface area contributed by atoms with Crippen LogP contribution in [0.2, 0.25) is 0 Å². The molecule has 1 heterocycles. The number of sulfonamides is 1. The third-order valence-electron chi connectivity index (χ3n) is 3.92. The summed E-state index contributed by atoms with van der Waals surface area (Å²) in [4.78, 5) is -0.352. The molecule has 0 aliphatic heterocycles. The van der Waals surface area contributed by atoms with Gasteiger partial charge in [-0.15, -0.1) is 0 Å². The minimum Gasteiger partial charge on any atom is -0.392 e. The lowest BCUT2D eigenvalue weighted by molar-refractivity contribution is 0.145. The van der Waals surface area contributed by atoms with Crippen LogP contribution in [0.1, 0.15) is 17.7 Å². The Hall–Kier alpha value is -2.76. The zero-order valence-corrected chi connectivity index (χ0v) is 14.8. The fraction of sp³-hybridized carbons (Fsp3) is 0.118. The van der Waals surface area contributed by atoms with Crippen molar-refractivity contribution >= 4 is 10.0 Å². The monoisotopic (exact) mass is 415 g/mol. The summed E-state index contributed by atoms with van der Waals surface area (Å²) >= 11 is 0. The molecule has 0 fully saturated rings. The normalized spacial score (nSPS) is 12.0. The predicted molar refractivity (Wildman–Crippen MR) is 91.2 cm³/mol. The van der Waals surface area contributed by atoms with Gasteiger partial charge < -0.3 is 5.11 Å². The van der Waals surface area contributed by atoms with E-state index < -0.39 is 40.4 Å². The van der Waals surface area contributed by atoms with E-state index in [9.17, 15) is 31.1 Å². The Morgan fingerprint density at radius 3 is 2.39 bits per heavy atom. The Labute approximate surface area is 156 Å². The predicted octanol–water partition coefficient (Wildman–Crippen LogP) is 2.89. The number of nitrogens with two attached hydrogens (primary N) is 1. The van der Waals surface area contributed by atoms with Gasteiger partial charge in [0.15, 0.2) is 0 Å². The standard InChI is InChI=1S/C17H13F4N3O3S/c18-10-1-3-12(13(19)6-10)15-7-14(17(20)21)23-24(15)11-2-4-16(28(22,26)27)9(5-11)8-25/h1-7,17,25H,8H2,(H2,22,26,27). The fourth-order valence-corrected chi connectivity index (χ4v) is 3.44. The lowest BCUT2D eigenvalue weighted by atomic mass is 10.1. The summed E-state index contributed by atoms with van der Waals surface area (Å²) in [5, 5.41) is 18.2. The van der Waals surface area contributed by atoms with Crippen molar-refractivity contribution in [1.82, 2.24) is 9.78 Å². The summed E-state index contributed by atoms with van der Waals surface area (Å²) in [6.07, 6.45) is -2.97. The lowest BCUT2D eigenvalue weighted by Gasteiger charge is -2.12. The highest BCUT2D eigenvalue weighted by molar-refractivity contribution is 7.89. The summed E-state index contributed by atoms with van der Waals surface area (Å²) in [5.41, 5.74) is -0.997. The van der Waals surface area contributed by atoms with Crippen LogP contribution in [-0.2, 0) is 16.6 Å². The van der Waals surface area contributed by atoms with Gasteiger partial charge in [0.2, 0.25) is 10.0 Å². The zero-order chi connectivity index (χ0) is 20.6. The number of rotatable bonds is 5. The molecule has 2 aromatic carbocycles. The molecule has 0 atom stereocenters. The van der Waals surface area contributed by atoms with Crippen LogP contribution >= 0.6 is 0 Å². The lowest BCUT2D eigenvalue weighted by Crippen LogP contribution is -2.15. The number of primary sulfonamides is 1. The van der Waals surface area contributed by atoms with Crippen molar-refractivity contribution in [3.63, 3.8) is 0 Å². The highest BCUT2D eigenvalue weighted by Gasteiger charge is 2.21. The average Bonchev–Trinajstić information content (AvgIpc) is 3.05. The highest BCUT2D eigenvalue weighted by Crippen LogP contribution is 2.31. The Balaban J connectivity index is 2.24. The van der Waals surface area contributed by atoms with Gasteiger partial charge in [-0.25, -0.2) is 35.8 Å². The maximum Gasteiger partial charge on any atom is 0.282 e. The van der Waals surface area contributed by atoms with Crippen LogP contribution in [0.4, 0.5) is 17.6 Å². The van der Waals surface area contributed by atoms with Crippen molar-refractivity contribution < 1.29 is 31.1 Å². The molecule has 0 amide bonds. The second-order valence-electron chi connectivity index (χ2n) is 5.79. The van der Waals surface area contributed by atoms with Crippen LogP contribution < -0.4 is 5.14 Å². The molecule has 1 aromatic heterocycles. The number of alkyl halides is 2. The SMILES string of the molecule is NS(=O)(=O)c1ccc(-n2nc(C(F)F)cc2-c2ccc(F)cc2F)cc1CO. The molecule has 3 N–H and O–H groups in total. The maximum absolute atomic E-state index is 14.2. The van der Waals surface area contributed by atoms with Crippen molar-refractivity contribution in [1.29, 1.82) is 0 Å². The van der Waals surface area contributed by atoms with E-state index in [0.717, 1.165) is 28.9 Å². The van der Waals surface area contributed by atoms with Crippen LogP contribution in [0.25, 0.3) is 16.9 Å². The van der Waals surface area contributed by atoms with E-state index in [-0.39, 0.29) is 27.4 Å². The van der Waals surface area contributed by atoms with Gasteiger partial charge in [-0.05, 0) is 42.0 Å². The molecule has 28 heavy (non-hydrogen) atoms. The van der Waals surface area contributed by atoms with Crippen LogP contribution in [0, 0.1) is 11.6 Å². The molecular formula is C17H13F4N3O3S. The maximum atomic E-state index is 14.2. The summed E-state index contributed by atoms with van der Waals surface area (Å²) < 4.78 is 77.8. The number of aromatic nitrogens is 2. The molecule has 0 saturated heterocycles. The first-order valence-electron chi connectivity index (χ1n) is 7.72. The quantitative estimate of drug-likeness (QED) is 0.626. The van der Waals surface area contributed by atoms with Crippen molar-refractivity contribution in [2.75, 3.05) is 0 Å². The number of hydrogen-bond donors (Lipinski definition) is 2. The largest absolute Gasteiger partial charge is 0.392 e. The number of aliphatic hydroxyl groups excluding tert-OH is 1. The zero-order valence-electron chi connectivity index (χ0n) is 14.0. The summed E-state index contributed by atoms with van der Waals surface area (Å²) in [6, 6.07) is 7.02. The van der Waals surface area contributed by atoms with Gasteiger partial charge in [-0.1, -0.05) is 0 Å². The van der Waals surface area contributed by atoms with Crippen LogP contribution in [0.5, 0.6) is 0 Å². The third-order valence-corrected chi connectivity index (χ3v) is 4.94. The van der Waals surface area contributed by atoms with Gasteiger partial charge in [-0.2, -0.15) is 5.10 Å². The Morgan fingerprint density at radius 1 is 1.11 bits per heavy atom. The van der Waals surface area contributed by atoms with E-state index in [4.69, 9.17) is 5.14 Å². The fourth-order valence-electron chi connectivity index (χ4n) is 2.69. The molecule has 148 valence electrons. The second kappa shape index (κ2) is 7.34. The van der Waals surface area contributed by atoms with E-state index in [0.29, 0.717) is 6.07 Å². The van der Waals surface area contributed by atoms with Gasteiger partial charge in [0, 0.05) is 11.6 Å². The van der Waals surface area contributed by atoms with Crippen molar-refractivity contribution in [3.8, 4) is 16.9 Å². The second-order valence-corrected chi connectivity index (χ2v) is 7.32. The number of aliphatic hydroxyl groups is 1. The minimum atomic E-state index is -4.14. The molecule has 0 bridgehead atoms. The summed E-state index contributed by atoms with van der Waals surface area (Å²) in [5.74, 6) is -1.84. The Morgan fingerprint density at radius 2 is 1.82 bits per heavy atom. The van der Waals surface area contributed by atoms with Crippen molar-refractivity contribution in [3.05, 3.63) is 65.4 Å². The molecule has 6 nitrogen and oxygen atoms in total. The van der Waals surface area contributed by atoms with Gasteiger partial charge in [0.05, 0.1) is 22.9 Å². The number of nitrogens with zero attached hydrogens (tertiary/aromatic N) is 2. The van der Waals surface area contributed by atoms with E-state index in [2.05, 4.69) is 5.10 Å². The summed E-state index contributed by atoms with van der Waals surface area (Å²) in [6.45, 7) is -0.706. The molecule has 0 aliphatic carbocycles. The summed E-state index contributed by atoms with van der Waals surface area (Å²) in [7, 11) is -4.14. The molecule has 0 radical (unpaired) electrons. The van der Waals surface area contributed by atoms with Crippen molar-refractivity contribution in [2.45, 2.75) is 17.9 Å². The molecular weight excluding hydrogens is 402 g/mol. The first-order valence-corrected chi connectivity index (χ1v) is 9.27. The average molecular weight is 415 g/mol. The van der Waals surface area contributed by atoms with E-state index >= 15 is 0 Å². The first-order chi connectivity index (χ1) is 13.1. The van der Waals surface area contributed by atoms with Gasteiger partial charge in [0.25, 0.3) is 6.43 Å². The van der Waals surface area contributed by atoms with E-state index in [1.165, 1.54) is 12.1 Å². The van der Waals surface area contributed by atoms with Gasteiger partial charge in [0.1, 0.15) is 17.3 Å². The molecule has 3 aromatic rings. The highest BCUT2D eigenvalue weighted by atomic mass is 32.2. The molecule has 0 unspecified atom stereocenters. The Kier molecular flexibility index (Phi) is 5.24. The first kappa shape index (κ1) is 20.0. The minimum absolute atomic E-state index is 0.0714. The van der Waals surface area contributed by atoms with E-state index in [1.54, 1.807) is 0 Å². The van der Waals surface area contributed by atoms with Crippen LogP contribution in [0.3, 0.4) is 0 Å². The topological polar surface area (TPSA) is 98.2 Å². The van der Waals surface area contributed by atoms with Gasteiger partial charge in [-0.3, -0.25) is 0 Å². The van der Waals surface area contributed by atoms with Crippen LogP contribution in [0.15, 0.2) is 47.4 Å². The molecule has 0 saturated carbocycles. The third kappa shape index (κ3) is 3.77. The molecule has 11 heteroatoms. The molecule has 3 rings (SSSR count). The van der Waals surface area contributed by atoms with Gasteiger partial charge >= 0.3 is 0 Å². The number of benzene rings is 2. The number of halogens is 4. The van der Waals surface area contributed by atoms with Crippen LogP contribution in [-0.4, -0.2) is 23.3 Å². The molecule has 0 spiro atoms. The smallest absolute Gasteiger partial charge is 0.282 e. The number of hydrogen-bond acceptors (Lipinski definition) is 4. The van der Waals surface area contributed by atoms with Crippen molar-refractivity contribution in [2.24, 2.45) is 5.14 Å². The Bertz CT molecular complexity index is 1150. The molecule has 0 aliphatic rings. The van der Waals surface area contributed by atoms with E-state index in [1.807, 2.05) is 0 Å².